The first kappa shape index (κ1) is 11.4. The maximum atomic E-state index is 13.2. The number of hydrogen-bond donors (Lipinski definition) is 1. The van der Waals surface area contributed by atoms with Gasteiger partial charge in [-0.2, -0.15) is 0 Å². The fraction of sp³-hybridized carbons (Fsp3) is 0.333. The number of benzene rings is 1. The van der Waals surface area contributed by atoms with Crippen LogP contribution in [0.4, 0.5) is 13.2 Å². The largest absolute Gasteiger partial charge is 0.396 e. The number of thioether (sulfide) groups is 1. The molecule has 0 saturated heterocycles. The Morgan fingerprint density at radius 3 is 2.43 bits per heavy atom. The third kappa shape index (κ3) is 2.04. The Morgan fingerprint density at radius 1 is 1.29 bits per heavy atom. The predicted molar refractivity (Wildman–Crippen MR) is 48.9 cm³/mol. The molecule has 0 aliphatic carbocycles. The molecule has 1 aromatic carbocycles. The van der Waals surface area contributed by atoms with E-state index >= 15 is 0 Å². The van der Waals surface area contributed by atoms with Crippen molar-refractivity contribution in [2.75, 3.05) is 12.9 Å². The number of hydrogen-bond acceptors (Lipinski definition) is 2. The summed E-state index contributed by atoms with van der Waals surface area (Å²) < 4.78 is 39.4. The van der Waals surface area contributed by atoms with Gasteiger partial charge in [0, 0.05) is 6.61 Å². The Kier molecular flexibility index (Phi) is 3.83. The van der Waals surface area contributed by atoms with Crippen LogP contribution in [0, 0.1) is 17.5 Å². The van der Waals surface area contributed by atoms with Gasteiger partial charge in [-0.15, -0.1) is 11.8 Å². The van der Waals surface area contributed by atoms with Gasteiger partial charge in [-0.3, -0.25) is 0 Å². The van der Waals surface area contributed by atoms with E-state index in [2.05, 4.69) is 0 Å². The van der Waals surface area contributed by atoms with Crippen LogP contribution in [0.15, 0.2) is 11.0 Å². The van der Waals surface area contributed by atoms with Crippen LogP contribution < -0.4 is 0 Å². The zero-order valence-electron chi connectivity index (χ0n) is 7.48. The molecule has 0 aliphatic heterocycles. The van der Waals surface area contributed by atoms with E-state index in [1.165, 1.54) is 6.26 Å². The monoisotopic (exact) mass is 222 g/mol. The van der Waals surface area contributed by atoms with Crippen molar-refractivity contribution in [1.29, 1.82) is 0 Å². The van der Waals surface area contributed by atoms with Crippen LogP contribution in [0.5, 0.6) is 0 Å². The first-order valence-electron chi connectivity index (χ1n) is 3.93. The smallest absolute Gasteiger partial charge is 0.175 e. The lowest BCUT2D eigenvalue weighted by Crippen LogP contribution is -2.01. The van der Waals surface area contributed by atoms with Crippen LogP contribution >= 0.6 is 11.8 Å². The summed E-state index contributed by atoms with van der Waals surface area (Å²) in [5.74, 6) is -3.05. The highest BCUT2D eigenvalue weighted by Crippen LogP contribution is 2.27. The van der Waals surface area contributed by atoms with Crippen molar-refractivity contribution in [2.24, 2.45) is 0 Å². The Morgan fingerprint density at radius 2 is 1.93 bits per heavy atom. The van der Waals surface area contributed by atoms with Crippen molar-refractivity contribution in [1.82, 2.24) is 0 Å². The first-order chi connectivity index (χ1) is 6.61. The van der Waals surface area contributed by atoms with Gasteiger partial charge < -0.3 is 5.11 Å². The molecule has 1 aromatic rings. The molecule has 0 radical (unpaired) electrons. The lowest BCUT2D eigenvalue weighted by Gasteiger charge is -2.06. The molecular weight excluding hydrogens is 213 g/mol. The number of aliphatic hydroxyl groups excluding tert-OH is 1. The fourth-order valence-electron chi connectivity index (χ4n) is 1.12. The number of halogens is 3. The minimum Gasteiger partial charge on any atom is -0.396 e. The number of aliphatic hydroxyl groups is 1. The van der Waals surface area contributed by atoms with Gasteiger partial charge in [0.25, 0.3) is 0 Å². The van der Waals surface area contributed by atoms with Crippen LogP contribution in [0.1, 0.15) is 5.56 Å². The van der Waals surface area contributed by atoms with E-state index in [4.69, 9.17) is 5.11 Å². The lowest BCUT2D eigenvalue weighted by atomic mass is 10.1. The molecule has 0 spiro atoms. The second-order valence-corrected chi connectivity index (χ2v) is 3.47. The van der Waals surface area contributed by atoms with Crippen molar-refractivity contribution in [3.8, 4) is 0 Å². The Balaban J connectivity index is 3.25. The molecule has 5 heteroatoms. The van der Waals surface area contributed by atoms with Gasteiger partial charge in [0.1, 0.15) is 5.82 Å². The minimum atomic E-state index is -1.18. The summed E-state index contributed by atoms with van der Waals surface area (Å²) in [5, 5.41) is 8.54. The molecule has 0 fully saturated rings. The van der Waals surface area contributed by atoms with E-state index in [-0.39, 0.29) is 23.5 Å². The van der Waals surface area contributed by atoms with E-state index in [1.54, 1.807) is 0 Å². The highest BCUT2D eigenvalue weighted by molar-refractivity contribution is 7.98. The van der Waals surface area contributed by atoms with Crippen molar-refractivity contribution in [2.45, 2.75) is 11.3 Å². The molecular formula is C9H9F3OS. The average Bonchev–Trinajstić information content (AvgIpc) is 2.15. The molecule has 0 bridgehead atoms. The quantitative estimate of drug-likeness (QED) is 0.625. The summed E-state index contributed by atoms with van der Waals surface area (Å²) in [6, 6.07) is 0.917. The van der Waals surface area contributed by atoms with Crippen molar-refractivity contribution >= 4 is 11.8 Å². The summed E-state index contributed by atoms with van der Waals surface area (Å²) >= 11 is 0.810. The number of rotatable bonds is 3. The molecule has 14 heavy (non-hydrogen) atoms. The highest BCUT2D eigenvalue weighted by atomic mass is 32.2. The summed E-state index contributed by atoms with van der Waals surface area (Å²) in [4.78, 5) is -0.329. The Hall–Kier alpha value is -0.680. The molecule has 78 valence electrons. The second-order valence-electron chi connectivity index (χ2n) is 2.65. The standard InChI is InChI=1S/C9H9F3OS/c1-14-9-6(10)4-5(2-3-13)7(11)8(9)12/h4,13H,2-3H2,1H3. The van der Waals surface area contributed by atoms with Crippen LogP contribution in [0.3, 0.4) is 0 Å². The van der Waals surface area contributed by atoms with Crippen LogP contribution in [-0.2, 0) is 6.42 Å². The molecule has 0 heterocycles. The van der Waals surface area contributed by atoms with Crippen LogP contribution in [0.25, 0.3) is 0 Å². The minimum absolute atomic E-state index is 0.0890. The third-order valence-electron chi connectivity index (χ3n) is 1.78. The van der Waals surface area contributed by atoms with E-state index < -0.39 is 17.5 Å². The zero-order valence-corrected chi connectivity index (χ0v) is 8.30. The molecule has 1 nitrogen and oxygen atoms in total. The Bertz CT molecular complexity index is 341. The van der Waals surface area contributed by atoms with E-state index in [0.717, 1.165) is 17.8 Å². The molecule has 0 aliphatic rings. The van der Waals surface area contributed by atoms with Gasteiger partial charge in [0.15, 0.2) is 11.6 Å². The third-order valence-corrected chi connectivity index (χ3v) is 2.56. The zero-order chi connectivity index (χ0) is 10.7. The molecule has 0 atom stereocenters. The van der Waals surface area contributed by atoms with Crippen molar-refractivity contribution in [3.05, 3.63) is 29.1 Å². The molecule has 0 aromatic heterocycles. The second kappa shape index (κ2) is 4.70. The summed E-state index contributed by atoms with van der Waals surface area (Å²) in [6.45, 7) is -0.339. The predicted octanol–water partition coefficient (Wildman–Crippen LogP) is 2.36. The maximum absolute atomic E-state index is 13.2. The molecule has 0 amide bonds. The van der Waals surface area contributed by atoms with E-state index in [9.17, 15) is 13.2 Å². The van der Waals surface area contributed by atoms with Gasteiger partial charge in [-0.1, -0.05) is 0 Å². The maximum Gasteiger partial charge on any atom is 0.175 e. The fourth-order valence-corrected chi connectivity index (χ4v) is 1.64. The first-order valence-corrected chi connectivity index (χ1v) is 5.15. The van der Waals surface area contributed by atoms with Crippen molar-refractivity contribution < 1.29 is 18.3 Å². The summed E-state index contributed by atoms with van der Waals surface area (Å²) in [7, 11) is 0. The van der Waals surface area contributed by atoms with Crippen molar-refractivity contribution in [3.63, 3.8) is 0 Å². The highest BCUT2D eigenvalue weighted by Gasteiger charge is 2.17. The molecule has 0 saturated carbocycles. The molecule has 1 N–H and O–H groups in total. The topological polar surface area (TPSA) is 20.2 Å². The molecule has 0 unspecified atom stereocenters. The molecule has 1 rings (SSSR count). The van der Waals surface area contributed by atoms with Gasteiger partial charge in [0.2, 0.25) is 0 Å². The van der Waals surface area contributed by atoms with E-state index in [0.29, 0.717) is 0 Å². The SMILES string of the molecule is CSc1c(F)cc(CCO)c(F)c1F. The van der Waals surface area contributed by atoms with Gasteiger partial charge in [-0.25, -0.2) is 13.2 Å². The summed E-state index contributed by atoms with van der Waals surface area (Å²) in [5.41, 5.74) is -0.139. The van der Waals surface area contributed by atoms with Crippen LogP contribution in [0.2, 0.25) is 0 Å². The normalized spacial score (nSPS) is 10.6. The lowest BCUT2D eigenvalue weighted by molar-refractivity contribution is 0.296. The van der Waals surface area contributed by atoms with Gasteiger partial charge in [-0.05, 0) is 24.3 Å². The van der Waals surface area contributed by atoms with Gasteiger partial charge >= 0.3 is 0 Å². The average molecular weight is 222 g/mol. The van der Waals surface area contributed by atoms with Gasteiger partial charge in [0.05, 0.1) is 4.90 Å². The van der Waals surface area contributed by atoms with Crippen LogP contribution in [-0.4, -0.2) is 18.0 Å². The summed E-state index contributed by atoms with van der Waals surface area (Å²) in [6.07, 6.45) is 1.38. The van der Waals surface area contributed by atoms with E-state index in [1.807, 2.05) is 0 Å². The Labute approximate surface area is 83.9 Å².